The van der Waals surface area contributed by atoms with Crippen LogP contribution in [0.2, 0.25) is 10.0 Å². The molecule has 0 bridgehead atoms. The van der Waals surface area contributed by atoms with Gasteiger partial charge >= 0.3 is 0 Å². The summed E-state index contributed by atoms with van der Waals surface area (Å²) in [6.45, 7) is 6.45. The molecule has 1 aliphatic heterocycles. The highest BCUT2D eigenvalue weighted by atomic mass is 35.5. The van der Waals surface area contributed by atoms with Gasteiger partial charge < -0.3 is 10.1 Å². The summed E-state index contributed by atoms with van der Waals surface area (Å²) in [5.74, 6) is 1.68. The summed E-state index contributed by atoms with van der Waals surface area (Å²) in [7, 11) is 0. The first-order chi connectivity index (χ1) is 8.59. The number of hydrogen-bond acceptors (Lipinski definition) is 2. The Hall–Kier alpha value is -0.440. The SMILES string of the molecule is CC(C)[C@@H](Oc1cccc(Cl)c1Cl)[C@@H]1CCNC1. The number of halogens is 2. The fourth-order valence-electron chi connectivity index (χ4n) is 2.46. The van der Waals surface area contributed by atoms with Crippen molar-refractivity contribution >= 4 is 23.2 Å². The van der Waals surface area contributed by atoms with Crippen LogP contribution in [0.1, 0.15) is 20.3 Å². The minimum Gasteiger partial charge on any atom is -0.488 e. The van der Waals surface area contributed by atoms with Gasteiger partial charge in [-0.2, -0.15) is 0 Å². The predicted molar refractivity (Wildman–Crippen MR) is 76.7 cm³/mol. The Kier molecular flexibility index (Phi) is 4.77. The molecular formula is C14H19Cl2NO. The van der Waals surface area contributed by atoms with Crippen molar-refractivity contribution in [2.45, 2.75) is 26.4 Å². The van der Waals surface area contributed by atoms with Crippen molar-refractivity contribution in [3.05, 3.63) is 28.2 Å². The molecule has 0 saturated carbocycles. The van der Waals surface area contributed by atoms with Gasteiger partial charge in [-0.1, -0.05) is 43.1 Å². The van der Waals surface area contributed by atoms with Gasteiger partial charge in [0.25, 0.3) is 0 Å². The van der Waals surface area contributed by atoms with Crippen LogP contribution in [0, 0.1) is 11.8 Å². The van der Waals surface area contributed by atoms with Crippen molar-refractivity contribution in [3.8, 4) is 5.75 Å². The number of nitrogens with one attached hydrogen (secondary N) is 1. The summed E-state index contributed by atoms with van der Waals surface area (Å²) < 4.78 is 6.12. The molecule has 1 heterocycles. The molecule has 0 aromatic heterocycles. The van der Waals surface area contributed by atoms with Crippen LogP contribution in [0.5, 0.6) is 5.75 Å². The summed E-state index contributed by atoms with van der Waals surface area (Å²) in [4.78, 5) is 0. The van der Waals surface area contributed by atoms with E-state index in [-0.39, 0.29) is 6.10 Å². The molecule has 1 aromatic carbocycles. The molecule has 2 rings (SSSR count). The van der Waals surface area contributed by atoms with E-state index in [2.05, 4.69) is 19.2 Å². The summed E-state index contributed by atoms with van der Waals surface area (Å²) in [5, 5.41) is 4.43. The zero-order chi connectivity index (χ0) is 13.1. The topological polar surface area (TPSA) is 21.3 Å². The number of benzene rings is 1. The average Bonchev–Trinajstić information content (AvgIpc) is 2.84. The molecule has 18 heavy (non-hydrogen) atoms. The van der Waals surface area contributed by atoms with Crippen LogP contribution in [-0.4, -0.2) is 19.2 Å². The lowest BCUT2D eigenvalue weighted by Gasteiger charge is -2.28. The fraction of sp³-hybridized carbons (Fsp3) is 0.571. The van der Waals surface area contributed by atoms with Gasteiger partial charge in [-0.15, -0.1) is 0 Å². The fourth-order valence-corrected chi connectivity index (χ4v) is 2.79. The highest BCUT2D eigenvalue weighted by Crippen LogP contribution is 2.34. The lowest BCUT2D eigenvalue weighted by atomic mass is 9.92. The largest absolute Gasteiger partial charge is 0.488 e. The number of ether oxygens (including phenoxy) is 1. The molecule has 0 spiro atoms. The molecule has 0 amide bonds. The third-order valence-electron chi connectivity index (χ3n) is 3.40. The zero-order valence-electron chi connectivity index (χ0n) is 10.7. The molecule has 1 aliphatic rings. The predicted octanol–water partition coefficient (Wildman–Crippen LogP) is 4.01. The highest BCUT2D eigenvalue weighted by Gasteiger charge is 2.29. The maximum atomic E-state index is 6.18. The molecule has 0 aliphatic carbocycles. The van der Waals surface area contributed by atoms with Gasteiger partial charge in [0.05, 0.1) is 5.02 Å². The maximum Gasteiger partial charge on any atom is 0.139 e. The van der Waals surface area contributed by atoms with Crippen molar-refractivity contribution in [2.24, 2.45) is 11.8 Å². The van der Waals surface area contributed by atoms with Crippen LogP contribution >= 0.6 is 23.2 Å². The monoisotopic (exact) mass is 287 g/mol. The standard InChI is InChI=1S/C14H19Cl2NO/c1-9(2)14(10-6-7-17-8-10)18-12-5-3-4-11(15)13(12)16/h3-5,9-10,14,17H,6-8H2,1-2H3/t10-,14-/m1/s1. The van der Waals surface area contributed by atoms with E-state index in [0.717, 1.165) is 19.5 Å². The Labute approximate surface area is 119 Å². The normalized spacial score (nSPS) is 21.3. The molecule has 1 fully saturated rings. The molecule has 0 radical (unpaired) electrons. The van der Waals surface area contributed by atoms with Crippen LogP contribution in [0.15, 0.2) is 18.2 Å². The van der Waals surface area contributed by atoms with E-state index < -0.39 is 0 Å². The quantitative estimate of drug-likeness (QED) is 0.904. The van der Waals surface area contributed by atoms with Crippen molar-refractivity contribution < 1.29 is 4.74 Å². The van der Waals surface area contributed by atoms with Crippen LogP contribution < -0.4 is 10.1 Å². The van der Waals surface area contributed by atoms with Crippen LogP contribution in [0.25, 0.3) is 0 Å². The average molecular weight is 288 g/mol. The summed E-state index contributed by atoms with van der Waals surface area (Å²) in [6, 6.07) is 5.53. The lowest BCUT2D eigenvalue weighted by molar-refractivity contribution is 0.0975. The Bertz CT molecular complexity index is 403. The molecule has 1 aromatic rings. The van der Waals surface area contributed by atoms with Crippen LogP contribution in [-0.2, 0) is 0 Å². The molecule has 0 unspecified atom stereocenters. The zero-order valence-corrected chi connectivity index (χ0v) is 12.3. The Morgan fingerprint density at radius 3 is 2.72 bits per heavy atom. The second kappa shape index (κ2) is 6.14. The number of hydrogen-bond donors (Lipinski definition) is 1. The first kappa shape index (κ1) is 14.0. The number of rotatable bonds is 4. The minimum absolute atomic E-state index is 0.177. The third-order valence-corrected chi connectivity index (χ3v) is 4.20. The molecule has 1 saturated heterocycles. The van der Waals surface area contributed by atoms with E-state index in [1.54, 1.807) is 6.07 Å². The van der Waals surface area contributed by atoms with Gasteiger partial charge in [0.15, 0.2) is 0 Å². The van der Waals surface area contributed by atoms with Gasteiger partial charge in [-0.25, -0.2) is 0 Å². The third kappa shape index (κ3) is 3.11. The molecule has 2 atom stereocenters. The summed E-state index contributed by atoms with van der Waals surface area (Å²) >= 11 is 12.2. The van der Waals surface area contributed by atoms with Gasteiger partial charge in [0, 0.05) is 12.5 Å². The second-order valence-corrected chi connectivity index (χ2v) is 5.92. The van der Waals surface area contributed by atoms with Gasteiger partial charge in [0.2, 0.25) is 0 Å². The van der Waals surface area contributed by atoms with Crippen molar-refractivity contribution in [2.75, 3.05) is 13.1 Å². The smallest absolute Gasteiger partial charge is 0.139 e. The van der Waals surface area contributed by atoms with Crippen LogP contribution in [0.3, 0.4) is 0 Å². The van der Waals surface area contributed by atoms with Gasteiger partial charge in [0.1, 0.15) is 16.9 Å². The van der Waals surface area contributed by atoms with Gasteiger partial charge in [-0.05, 0) is 31.0 Å². The first-order valence-corrected chi connectivity index (χ1v) is 7.16. The Balaban J connectivity index is 2.15. The molecule has 100 valence electrons. The van der Waals surface area contributed by atoms with Crippen molar-refractivity contribution in [1.82, 2.24) is 5.32 Å². The summed E-state index contributed by atoms with van der Waals surface area (Å²) in [5.41, 5.74) is 0. The van der Waals surface area contributed by atoms with E-state index >= 15 is 0 Å². The first-order valence-electron chi connectivity index (χ1n) is 6.41. The Morgan fingerprint density at radius 1 is 1.33 bits per heavy atom. The highest BCUT2D eigenvalue weighted by molar-refractivity contribution is 6.42. The van der Waals surface area contributed by atoms with E-state index in [0.29, 0.717) is 27.6 Å². The van der Waals surface area contributed by atoms with E-state index in [1.165, 1.54) is 0 Å². The lowest BCUT2D eigenvalue weighted by Crippen LogP contribution is -2.33. The second-order valence-electron chi connectivity index (χ2n) is 5.13. The van der Waals surface area contributed by atoms with Crippen molar-refractivity contribution in [3.63, 3.8) is 0 Å². The summed E-state index contributed by atoms with van der Waals surface area (Å²) in [6.07, 6.45) is 1.33. The maximum absolute atomic E-state index is 6.18. The van der Waals surface area contributed by atoms with Crippen molar-refractivity contribution in [1.29, 1.82) is 0 Å². The molecule has 1 N–H and O–H groups in total. The van der Waals surface area contributed by atoms with Gasteiger partial charge in [-0.3, -0.25) is 0 Å². The van der Waals surface area contributed by atoms with Crippen LogP contribution in [0.4, 0.5) is 0 Å². The van der Waals surface area contributed by atoms with E-state index in [9.17, 15) is 0 Å². The van der Waals surface area contributed by atoms with E-state index in [1.807, 2.05) is 12.1 Å². The molecular weight excluding hydrogens is 269 g/mol. The molecule has 4 heteroatoms. The molecule has 2 nitrogen and oxygen atoms in total. The minimum atomic E-state index is 0.177. The van der Waals surface area contributed by atoms with E-state index in [4.69, 9.17) is 27.9 Å². The Morgan fingerprint density at radius 2 is 2.11 bits per heavy atom.